The Bertz CT molecular complexity index is 742. The molecule has 0 radical (unpaired) electrons. The molecule has 4 heteroatoms. The summed E-state index contributed by atoms with van der Waals surface area (Å²) in [6, 6.07) is 8.07. The highest BCUT2D eigenvalue weighted by molar-refractivity contribution is 5.95. The second-order valence-corrected chi connectivity index (χ2v) is 7.49. The van der Waals surface area contributed by atoms with E-state index in [0.29, 0.717) is 0 Å². The Labute approximate surface area is 136 Å². The summed E-state index contributed by atoms with van der Waals surface area (Å²) in [7, 11) is 0. The first-order valence-corrected chi connectivity index (χ1v) is 8.50. The molecule has 1 N–H and O–H groups in total. The second-order valence-electron chi connectivity index (χ2n) is 7.49. The molecular formula is C19H23N3O. The molecule has 1 saturated carbocycles. The number of nitrogens with one attached hydrogen (secondary N) is 1. The first kappa shape index (κ1) is 14.5. The van der Waals surface area contributed by atoms with Gasteiger partial charge in [0, 0.05) is 35.6 Å². The van der Waals surface area contributed by atoms with E-state index >= 15 is 0 Å². The third-order valence-corrected chi connectivity index (χ3v) is 5.24. The summed E-state index contributed by atoms with van der Waals surface area (Å²) in [5.74, 6) is 1.34. The molecule has 4 rings (SSSR count). The van der Waals surface area contributed by atoms with Gasteiger partial charge in [0.15, 0.2) is 0 Å². The molecule has 1 aromatic carbocycles. The number of nitrogens with zero attached hydrogens (tertiary/aromatic N) is 2. The summed E-state index contributed by atoms with van der Waals surface area (Å²) in [5, 5.41) is 3.03. The number of benzene rings is 1. The van der Waals surface area contributed by atoms with Crippen LogP contribution in [0.3, 0.4) is 0 Å². The molecule has 2 aliphatic rings. The normalized spacial score (nSPS) is 21.6. The quantitative estimate of drug-likeness (QED) is 0.935. The summed E-state index contributed by atoms with van der Waals surface area (Å²) in [6.07, 6.45) is 6.59. The minimum Gasteiger partial charge on any atom is -0.328 e. The number of fused-ring (bicyclic) bond motifs is 1. The van der Waals surface area contributed by atoms with Gasteiger partial charge < -0.3 is 9.88 Å². The van der Waals surface area contributed by atoms with E-state index in [0.717, 1.165) is 36.5 Å². The van der Waals surface area contributed by atoms with Crippen molar-refractivity contribution < 1.29 is 4.79 Å². The van der Waals surface area contributed by atoms with Crippen LogP contribution >= 0.6 is 0 Å². The van der Waals surface area contributed by atoms with Crippen molar-refractivity contribution in [3.63, 3.8) is 0 Å². The zero-order chi connectivity index (χ0) is 16.0. The molecule has 1 fully saturated rings. The van der Waals surface area contributed by atoms with Gasteiger partial charge in [-0.15, -0.1) is 0 Å². The number of rotatable bonds is 3. The standard InChI is InChI=1S/C19H23N3O/c1-19(2)11-16(19)18(23)21-14-8-6-13(7-9-14)17-20-12-15-5-3-4-10-22(15)17/h6-9,12,16H,3-5,10-11H2,1-2H3,(H,21,23)/t16-/m1/s1. The summed E-state index contributed by atoms with van der Waals surface area (Å²) in [6.45, 7) is 5.34. The molecule has 1 aromatic heterocycles. The predicted molar refractivity (Wildman–Crippen MR) is 91.1 cm³/mol. The fourth-order valence-electron chi connectivity index (χ4n) is 3.51. The van der Waals surface area contributed by atoms with E-state index in [9.17, 15) is 4.79 Å². The van der Waals surface area contributed by atoms with E-state index in [2.05, 4.69) is 40.8 Å². The van der Waals surface area contributed by atoms with Crippen LogP contribution in [0.2, 0.25) is 0 Å². The van der Waals surface area contributed by atoms with Crippen LogP contribution in [-0.4, -0.2) is 15.5 Å². The van der Waals surface area contributed by atoms with Crippen LogP contribution in [-0.2, 0) is 17.8 Å². The number of hydrogen-bond acceptors (Lipinski definition) is 2. The Morgan fingerprint density at radius 3 is 2.70 bits per heavy atom. The lowest BCUT2D eigenvalue weighted by Gasteiger charge is -2.16. The lowest BCUT2D eigenvalue weighted by atomic mass is 10.1. The second kappa shape index (κ2) is 5.22. The van der Waals surface area contributed by atoms with Crippen molar-refractivity contribution in [3.05, 3.63) is 36.2 Å². The molecule has 1 atom stereocenters. The fraction of sp³-hybridized carbons (Fsp3) is 0.474. The lowest BCUT2D eigenvalue weighted by molar-refractivity contribution is -0.118. The minimum absolute atomic E-state index is 0.140. The first-order chi connectivity index (χ1) is 11.0. The van der Waals surface area contributed by atoms with Crippen LogP contribution in [0.25, 0.3) is 11.4 Å². The average Bonchev–Trinajstić information content (AvgIpc) is 3.00. The monoisotopic (exact) mass is 309 g/mol. The van der Waals surface area contributed by atoms with Crippen LogP contribution in [0, 0.1) is 11.3 Å². The Balaban J connectivity index is 1.50. The van der Waals surface area contributed by atoms with E-state index < -0.39 is 0 Å². The van der Waals surface area contributed by atoms with Crippen molar-refractivity contribution in [2.45, 2.75) is 46.1 Å². The summed E-state index contributed by atoms with van der Waals surface area (Å²) in [5.41, 5.74) is 3.48. The lowest BCUT2D eigenvalue weighted by Crippen LogP contribution is -2.16. The summed E-state index contributed by atoms with van der Waals surface area (Å²) >= 11 is 0. The molecule has 2 aromatic rings. The molecule has 0 unspecified atom stereocenters. The number of anilines is 1. The highest BCUT2D eigenvalue weighted by Gasteiger charge is 2.50. The van der Waals surface area contributed by atoms with Gasteiger partial charge in [-0.1, -0.05) is 13.8 Å². The molecule has 1 aliphatic heterocycles. The van der Waals surface area contributed by atoms with Gasteiger partial charge in [0.05, 0.1) is 0 Å². The molecule has 120 valence electrons. The average molecular weight is 309 g/mol. The number of carbonyl (C=O) groups is 1. The number of hydrogen-bond donors (Lipinski definition) is 1. The zero-order valence-electron chi connectivity index (χ0n) is 13.8. The Hall–Kier alpha value is -2.10. The Morgan fingerprint density at radius 1 is 1.26 bits per heavy atom. The van der Waals surface area contributed by atoms with E-state index in [1.165, 1.54) is 18.5 Å². The highest BCUT2D eigenvalue weighted by atomic mass is 16.2. The smallest absolute Gasteiger partial charge is 0.228 e. The fourth-order valence-corrected chi connectivity index (χ4v) is 3.51. The van der Waals surface area contributed by atoms with Gasteiger partial charge >= 0.3 is 0 Å². The summed E-state index contributed by atoms with van der Waals surface area (Å²) < 4.78 is 2.32. The van der Waals surface area contributed by atoms with Crippen molar-refractivity contribution in [1.82, 2.24) is 9.55 Å². The van der Waals surface area contributed by atoms with E-state index in [4.69, 9.17) is 0 Å². The first-order valence-electron chi connectivity index (χ1n) is 8.50. The third kappa shape index (κ3) is 2.67. The molecule has 0 saturated heterocycles. The van der Waals surface area contributed by atoms with Gasteiger partial charge in [-0.2, -0.15) is 0 Å². The maximum atomic E-state index is 12.2. The van der Waals surface area contributed by atoms with Crippen molar-refractivity contribution in [2.24, 2.45) is 11.3 Å². The van der Waals surface area contributed by atoms with Gasteiger partial charge in [-0.25, -0.2) is 4.98 Å². The van der Waals surface area contributed by atoms with Crippen molar-refractivity contribution in [3.8, 4) is 11.4 Å². The number of aryl methyl sites for hydroxylation is 1. The Morgan fingerprint density at radius 2 is 2.00 bits per heavy atom. The largest absolute Gasteiger partial charge is 0.328 e. The van der Waals surface area contributed by atoms with E-state index in [1.807, 2.05) is 18.3 Å². The molecule has 2 heterocycles. The maximum absolute atomic E-state index is 12.2. The number of aromatic nitrogens is 2. The predicted octanol–water partition coefficient (Wildman–Crippen LogP) is 3.87. The van der Waals surface area contributed by atoms with Gasteiger partial charge in [0.1, 0.15) is 5.82 Å². The molecular weight excluding hydrogens is 286 g/mol. The van der Waals surface area contributed by atoms with Gasteiger partial charge in [0.2, 0.25) is 5.91 Å². The zero-order valence-corrected chi connectivity index (χ0v) is 13.8. The van der Waals surface area contributed by atoms with E-state index in [-0.39, 0.29) is 17.2 Å². The molecule has 23 heavy (non-hydrogen) atoms. The van der Waals surface area contributed by atoms with Crippen LogP contribution in [0.1, 0.15) is 38.8 Å². The van der Waals surface area contributed by atoms with Crippen LogP contribution in [0.4, 0.5) is 5.69 Å². The Kier molecular flexibility index (Phi) is 3.29. The van der Waals surface area contributed by atoms with Gasteiger partial charge in [-0.3, -0.25) is 4.79 Å². The molecule has 0 spiro atoms. The number of carbonyl (C=O) groups excluding carboxylic acids is 1. The summed E-state index contributed by atoms with van der Waals surface area (Å²) in [4.78, 5) is 16.8. The number of imidazole rings is 1. The molecule has 1 aliphatic carbocycles. The topological polar surface area (TPSA) is 46.9 Å². The molecule has 4 nitrogen and oxygen atoms in total. The van der Waals surface area contributed by atoms with Crippen molar-refractivity contribution in [1.29, 1.82) is 0 Å². The maximum Gasteiger partial charge on any atom is 0.228 e. The van der Waals surface area contributed by atoms with Crippen LogP contribution < -0.4 is 5.32 Å². The van der Waals surface area contributed by atoms with Crippen molar-refractivity contribution in [2.75, 3.05) is 5.32 Å². The van der Waals surface area contributed by atoms with Gasteiger partial charge in [-0.05, 0) is 55.4 Å². The van der Waals surface area contributed by atoms with Crippen molar-refractivity contribution >= 4 is 11.6 Å². The van der Waals surface area contributed by atoms with Crippen LogP contribution in [0.15, 0.2) is 30.5 Å². The third-order valence-electron chi connectivity index (χ3n) is 5.24. The van der Waals surface area contributed by atoms with E-state index in [1.54, 1.807) is 0 Å². The SMILES string of the molecule is CC1(C)C[C@@H]1C(=O)Nc1ccc(-c2ncc3n2CCCC3)cc1. The van der Waals surface area contributed by atoms with Gasteiger partial charge in [0.25, 0.3) is 0 Å². The van der Waals surface area contributed by atoms with Crippen LogP contribution in [0.5, 0.6) is 0 Å². The number of amides is 1. The molecule has 0 bridgehead atoms. The molecule has 1 amide bonds. The highest BCUT2D eigenvalue weighted by Crippen LogP contribution is 2.52. The minimum atomic E-state index is 0.140.